The second-order valence-corrected chi connectivity index (χ2v) is 9.75. The Morgan fingerprint density at radius 2 is 1.81 bits per heavy atom. The Morgan fingerprint density at radius 3 is 2.47 bits per heavy atom. The van der Waals surface area contributed by atoms with Crippen LogP contribution in [0.5, 0.6) is 0 Å². The second-order valence-electron chi connectivity index (χ2n) is 9.75. The number of amides is 3. The Kier molecular flexibility index (Phi) is 9.06. The lowest BCUT2D eigenvalue weighted by Gasteiger charge is -2.34. The summed E-state index contributed by atoms with van der Waals surface area (Å²) in [5.41, 5.74) is 1.84. The van der Waals surface area contributed by atoms with Crippen LogP contribution < -0.4 is 10.6 Å². The molecule has 2 heterocycles. The molecule has 1 aromatic carbocycles. The summed E-state index contributed by atoms with van der Waals surface area (Å²) in [7, 11) is 0. The van der Waals surface area contributed by atoms with Gasteiger partial charge in [0, 0.05) is 38.2 Å². The van der Waals surface area contributed by atoms with Crippen LogP contribution in [0.2, 0.25) is 0 Å². The van der Waals surface area contributed by atoms with Gasteiger partial charge in [-0.25, -0.2) is 4.98 Å². The highest BCUT2D eigenvalue weighted by Gasteiger charge is 2.35. The summed E-state index contributed by atoms with van der Waals surface area (Å²) in [5, 5.41) is 5.91. The smallest absolute Gasteiger partial charge is 0.247 e. The van der Waals surface area contributed by atoms with Gasteiger partial charge in [-0.15, -0.1) is 0 Å². The predicted molar refractivity (Wildman–Crippen MR) is 137 cm³/mol. The standard InChI is InChI=1S/C28H36N4O4/c1-20-11-13-21(14-12-20)27(28(35)30-22-7-2-3-8-22)32(19-23-9-6-18-36-23)26(34)16-15-25(33)31-24-10-4-5-17-29-24/h4-5,10-14,17,22-23,27H,2-3,6-9,15-16,18-19H2,1H3,(H,30,35)(H,29,31,33)/t23-,27-/m0/s1. The van der Waals surface area contributed by atoms with E-state index >= 15 is 0 Å². The number of hydrogen-bond acceptors (Lipinski definition) is 5. The van der Waals surface area contributed by atoms with Gasteiger partial charge in [0.1, 0.15) is 11.9 Å². The minimum atomic E-state index is -0.776. The fourth-order valence-corrected chi connectivity index (χ4v) is 4.94. The van der Waals surface area contributed by atoms with Gasteiger partial charge in [-0.05, 0) is 50.3 Å². The van der Waals surface area contributed by atoms with Crippen LogP contribution in [0.4, 0.5) is 5.82 Å². The maximum Gasteiger partial charge on any atom is 0.247 e. The van der Waals surface area contributed by atoms with Crippen molar-refractivity contribution in [2.75, 3.05) is 18.5 Å². The van der Waals surface area contributed by atoms with E-state index in [2.05, 4.69) is 15.6 Å². The highest BCUT2D eigenvalue weighted by atomic mass is 16.5. The second kappa shape index (κ2) is 12.6. The van der Waals surface area contributed by atoms with Gasteiger partial charge in [0.2, 0.25) is 17.7 Å². The molecule has 192 valence electrons. The molecule has 3 amide bonds. The SMILES string of the molecule is Cc1ccc([C@@H](C(=O)NC2CCCC2)N(C[C@@H]2CCCO2)C(=O)CCC(=O)Nc2ccccn2)cc1. The lowest BCUT2D eigenvalue weighted by Crippen LogP contribution is -2.48. The predicted octanol–water partition coefficient (Wildman–Crippen LogP) is 3.92. The molecule has 4 rings (SSSR count). The molecule has 0 radical (unpaired) electrons. The van der Waals surface area contributed by atoms with E-state index in [0.29, 0.717) is 19.0 Å². The third kappa shape index (κ3) is 7.13. The van der Waals surface area contributed by atoms with E-state index in [1.54, 1.807) is 29.3 Å². The fourth-order valence-electron chi connectivity index (χ4n) is 4.94. The molecule has 1 saturated heterocycles. The highest BCUT2D eigenvalue weighted by molar-refractivity contribution is 5.94. The van der Waals surface area contributed by atoms with Gasteiger partial charge in [0.15, 0.2) is 0 Å². The van der Waals surface area contributed by atoms with Gasteiger partial charge >= 0.3 is 0 Å². The summed E-state index contributed by atoms with van der Waals surface area (Å²) in [6.07, 6.45) is 7.36. The normalized spacial score (nSPS) is 18.5. The van der Waals surface area contributed by atoms with E-state index in [9.17, 15) is 14.4 Å². The Labute approximate surface area is 212 Å². The van der Waals surface area contributed by atoms with Crippen molar-refractivity contribution >= 4 is 23.5 Å². The Bertz CT molecular complexity index is 1020. The third-order valence-electron chi connectivity index (χ3n) is 6.90. The van der Waals surface area contributed by atoms with E-state index in [4.69, 9.17) is 4.74 Å². The average Bonchev–Trinajstić information content (AvgIpc) is 3.58. The number of nitrogens with one attached hydrogen (secondary N) is 2. The number of nitrogens with zero attached hydrogens (tertiary/aromatic N) is 2. The number of benzene rings is 1. The first kappa shape index (κ1) is 25.8. The van der Waals surface area contributed by atoms with Gasteiger partial charge in [0.25, 0.3) is 0 Å². The summed E-state index contributed by atoms with van der Waals surface area (Å²) in [6, 6.07) is 12.4. The maximum atomic E-state index is 13.7. The average molecular weight is 493 g/mol. The van der Waals surface area contributed by atoms with Crippen LogP contribution in [0.25, 0.3) is 0 Å². The third-order valence-corrected chi connectivity index (χ3v) is 6.90. The van der Waals surface area contributed by atoms with Crippen LogP contribution in [0.1, 0.15) is 68.5 Å². The minimum Gasteiger partial charge on any atom is -0.376 e. The van der Waals surface area contributed by atoms with Crippen molar-refractivity contribution in [1.82, 2.24) is 15.2 Å². The molecule has 1 saturated carbocycles. The van der Waals surface area contributed by atoms with Crippen molar-refractivity contribution in [1.29, 1.82) is 0 Å². The Balaban J connectivity index is 1.53. The molecule has 0 unspecified atom stereocenters. The topological polar surface area (TPSA) is 101 Å². The molecule has 2 fully saturated rings. The summed E-state index contributed by atoms with van der Waals surface area (Å²) >= 11 is 0. The molecule has 8 nitrogen and oxygen atoms in total. The molecule has 1 aliphatic carbocycles. The van der Waals surface area contributed by atoms with Crippen molar-refractivity contribution < 1.29 is 19.1 Å². The first-order chi connectivity index (χ1) is 17.5. The lowest BCUT2D eigenvalue weighted by molar-refractivity contribution is -0.143. The van der Waals surface area contributed by atoms with E-state index < -0.39 is 6.04 Å². The Morgan fingerprint density at radius 1 is 1.03 bits per heavy atom. The van der Waals surface area contributed by atoms with Crippen molar-refractivity contribution in [2.45, 2.75) is 76.5 Å². The molecule has 2 aliphatic rings. The number of carbonyl (C=O) groups excluding carboxylic acids is 3. The Hall–Kier alpha value is -3.26. The van der Waals surface area contributed by atoms with E-state index in [1.807, 2.05) is 31.2 Å². The minimum absolute atomic E-state index is 0.00228. The number of ether oxygens (including phenoxy) is 1. The first-order valence-corrected chi connectivity index (χ1v) is 13.0. The van der Waals surface area contributed by atoms with Crippen molar-refractivity contribution in [3.05, 3.63) is 59.8 Å². The molecule has 2 N–H and O–H groups in total. The fraction of sp³-hybridized carbons (Fsp3) is 0.500. The zero-order valence-electron chi connectivity index (χ0n) is 20.9. The van der Waals surface area contributed by atoms with Gasteiger partial charge in [-0.1, -0.05) is 48.7 Å². The summed E-state index contributed by atoms with van der Waals surface area (Å²) in [6.45, 7) is 2.97. The van der Waals surface area contributed by atoms with Crippen LogP contribution in [0, 0.1) is 6.92 Å². The quantitative estimate of drug-likeness (QED) is 0.524. The monoisotopic (exact) mass is 492 g/mol. The molecule has 0 spiro atoms. The van der Waals surface area contributed by atoms with E-state index in [0.717, 1.165) is 49.7 Å². The molecule has 2 aromatic rings. The molecular weight excluding hydrogens is 456 g/mol. The first-order valence-electron chi connectivity index (χ1n) is 13.0. The van der Waals surface area contributed by atoms with Gasteiger partial charge in [0.05, 0.1) is 6.10 Å². The zero-order chi connectivity index (χ0) is 25.3. The van der Waals surface area contributed by atoms with E-state index in [-0.39, 0.29) is 42.7 Å². The molecule has 1 aliphatic heterocycles. The molecule has 0 bridgehead atoms. The molecular formula is C28H36N4O4. The highest BCUT2D eigenvalue weighted by Crippen LogP contribution is 2.27. The number of rotatable bonds is 10. The summed E-state index contributed by atoms with van der Waals surface area (Å²) in [5.74, 6) is -0.259. The summed E-state index contributed by atoms with van der Waals surface area (Å²) < 4.78 is 5.84. The van der Waals surface area contributed by atoms with Crippen LogP contribution >= 0.6 is 0 Å². The molecule has 1 aromatic heterocycles. The van der Waals surface area contributed by atoms with Gasteiger partial charge in [-0.2, -0.15) is 0 Å². The van der Waals surface area contributed by atoms with Crippen LogP contribution in [-0.4, -0.2) is 52.9 Å². The zero-order valence-corrected chi connectivity index (χ0v) is 20.9. The van der Waals surface area contributed by atoms with E-state index in [1.165, 1.54) is 0 Å². The molecule has 36 heavy (non-hydrogen) atoms. The number of hydrogen-bond donors (Lipinski definition) is 2. The van der Waals surface area contributed by atoms with Crippen molar-refractivity contribution in [3.63, 3.8) is 0 Å². The molecule has 8 heteroatoms. The number of anilines is 1. The number of aromatic nitrogens is 1. The largest absolute Gasteiger partial charge is 0.376 e. The maximum absolute atomic E-state index is 13.7. The lowest BCUT2D eigenvalue weighted by atomic mass is 10.0. The van der Waals surface area contributed by atoms with Crippen LogP contribution in [0.3, 0.4) is 0 Å². The van der Waals surface area contributed by atoms with Gasteiger partial charge in [-0.3, -0.25) is 14.4 Å². The van der Waals surface area contributed by atoms with Crippen molar-refractivity contribution in [2.24, 2.45) is 0 Å². The summed E-state index contributed by atoms with van der Waals surface area (Å²) in [4.78, 5) is 45.5. The van der Waals surface area contributed by atoms with Crippen LogP contribution in [-0.2, 0) is 19.1 Å². The van der Waals surface area contributed by atoms with Crippen molar-refractivity contribution in [3.8, 4) is 0 Å². The number of carbonyl (C=O) groups is 3. The molecule has 2 atom stereocenters. The number of pyridine rings is 1. The van der Waals surface area contributed by atoms with Crippen LogP contribution in [0.15, 0.2) is 48.7 Å². The van der Waals surface area contributed by atoms with Gasteiger partial charge < -0.3 is 20.3 Å². The number of aryl methyl sites for hydroxylation is 1.